The van der Waals surface area contributed by atoms with Crippen molar-refractivity contribution < 1.29 is 36.6 Å². The van der Waals surface area contributed by atoms with Gasteiger partial charge in [-0.25, -0.2) is 0 Å². The number of alkyl halides is 4. The van der Waals surface area contributed by atoms with E-state index in [9.17, 15) is 22.4 Å². The van der Waals surface area contributed by atoms with Crippen molar-refractivity contribution in [3.8, 4) is 17.2 Å². The van der Waals surface area contributed by atoms with Gasteiger partial charge in [-0.2, -0.15) is 17.6 Å². The lowest BCUT2D eigenvalue weighted by atomic mass is 10.1. The number of benzene rings is 2. The Balaban J connectivity index is 1.94. The lowest BCUT2D eigenvalue weighted by Gasteiger charge is -2.20. The first-order valence-electron chi connectivity index (χ1n) is 8.37. The van der Waals surface area contributed by atoms with Gasteiger partial charge in [0.1, 0.15) is 17.2 Å². The number of anilines is 1. The third-order valence-electron chi connectivity index (χ3n) is 3.67. The minimum Gasteiger partial charge on any atom is -0.494 e. The van der Waals surface area contributed by atoms with Crippen molar-refractivity contribution in [1.29, 1.82) is 0 Å². The van der Waals surface area contributed by atoms with Crippen molar-refractivity contribution in [1.82, 2.24) is 0 Å². The van der Waals surface area contributed by atoms with Gasteiger partial charge in [0.25, 0.3) is 5.91 Å². The Morgan fingerprint density at radius 1 is 1.03 bits per heavy atom. The van der Waals surface area contributed by atoms with Gasteiger partial charge >= 0.3 is 13.2 Å². The predicted molar refractivity (Wildman–Crippen MR) is 99.8 cm³/mol. The van der Waals surface area contributed by atoms with Gasteiger partial charge in [-0.05, 0) is 43.3 Å². The number of fused-ring (bicyclic) bond motifs is 1. The van der Waals surface area contributed by atoms with E-state index in [1.807, 2.05) is 6.92 Å². The number of carbonyl (C=O) groups excluding carboxylic acids is 1. The number of ether oxygens (including phenoxy) is 3. The van der Waals surface area contributed by atoms with Crippen molar-refractivity contribution in [3.05, 3.63) is 46.9 Å². The van der Waals surface area contributed by atoms with Crippen molar-refractivity contribution in [2.45, 2.75) is 25.0 Å². The number of hydrogen-bond donors (Lipinski definition) is 1. The molecule has 1 aliphatic rings. The number of thioether (sulfide) groups is 1. The van der Waals surface area contributed by atoms with Crippen LogP contribution in [-0.4, -0.2) is 25.7 Å². The number of carbonyl (C=O) groups is 1. The second-order valence-corrected chi connectivity index (χ2v) is 6.70. The van der Waals surface area contributed by atoms with E-state index in [0.717, 1.165) is 17.8 Å². The molecule has 1 N–H and O–H groups in total. The summed E-state index contributed by atoms with van der Waals surface area (Å²) < 4.78 is 64.3. The van der Waals surface area contributed by atoms with E-state index in [2.05, 4.69) is 14.8 Å². The molecule has 0 aromatic heterocycles. The van der Waals surface area contributed by atoms with E-state index in [1.54, 1.807) is 18.2 Å². The monoisotopic (exact) mass is 429 g/mol. The van der Waals surface area contributed by atoms with Gasteiger partial charge < -0.3 is 19.5 Å². The molecule has 1 heterocycles. The van der Waals surface area contributed by atoms with Crippen molar-refractivity contribution in [3.63, 3.8) is 0 Å². The molecule has 0 atom stereocenters. The SMILES string of the molecule is CCOc1ccc2c(c1)S/C(=C\c1ccc(OC(F)F)cc1OC(F)F)C(=O)N2. The highest BCUT2D eigenvalue weighted by atomic mass is 32.2. The summed E-state index contributed by atoms with van der Waals surface area (Å²) in [4.78, 5) is 13.3. The van der Waals surface area contributed by atoms with Crippen LogP contribution in [0.25, 0.3) is 6.08 Å². The molecule has 2 aromatic carbocycles. The summed E-state index contributed by atoms with van der Waals surface area (Å²) in [5, 5.41) is 2.70. The standard InChI is InChI=1S/C19H15F4NO4S/c1-2-26-11-5-6-13-15(9-11)29-16(17(25)24-13)7-10-3-4-12(27-18(20)21)8-14(10)28-19(22)23/h3-9,18-19H,2H2,1H3,(H,24,25)/b16-7-. The van der Waals surface area contributed by atoms with E-state index in [0.29, 0.717) is 22.9 Å². The third-order valence-corrected chi connectivity index (χ3v) is 4.75. The lowest BCUT2D eigenvalue weighted by Crippen LogP contribution is -2.17. The number of nitrogens with one attached hydrogen (secondary N) is 1. The minimum absolute atomic E-state index is 0.106. The smallest absolute Gasteiger partial charge is 0.387 e. The molecule has 5 nitrogen and oxygen atoms in total. The van der Waals surface area contributed by atoms with Crippen molar-refractivity contribution in [2.75, 3.05) is 11.9 Å². The van der Waals surface area contributed by atoms with Gasteiger partial charge in [0, 0.05) is 16.5 Å². The fourth-order valence-corrected chi connectivity index (χ4v) is 3.51. The normalized spacial score (nSPS) is 14.7. The maximum absolute atomic E-state index is 12.7. The third kappa shape index (κ3) is 5.35. The number of hydrogen-bond acceptors (Lipinski definition) is 5. The Hall–Kier alpha value is -2.88. The summed E-state index contributed by atoms with van der Waals surface area (Å²) in [6.45, 7) is -3.99. The molecular formula is C19H15F4NO4S. The molecule has 154 valence electrons. The molecule has 1 amide bonds. The molecule has 29 heavy (non-hydrogen) atoms. The van der Waals surface area contributed by atoms with Gasteiger partial charge in [-0.1, -0.05) is 11.8 Å². The molecule has 0 spiro atoms. The van der Waals surface area contributed by atoms with Gasteiger partial charge in [-0.15, -0.1) is 0 Å². The molecule has 0 saturated carbocycles. The van der Waals surface area contributed by atoms with Crippen molar-refractivity contribution >= 4 is 29.4 Å². The highest BCUT2D eigenvalue weighted by molar-refractivity contribution is 8.04. The lowest BCUT2D eigenvalue weighted by molar-refractivity contribution is -0.112. The summed E-state index contributed by atoms with van der Waals surface area (Å²) in [6, 6.07) is 8.49. The summed E-state index contributed by atoms with van der Waals surface area (Å²) in [5.74, 6) is -0.565. The average molecular weight is 429 g/mol. The fraction of sp³-hybridized carbons (Fsp3) is 0.211. The van der Waals surface area contributed by atoms with E-state index in [-0.39, 0.29) is 16.2 Å². The summed E-state index contributed by atoms with van der Waals surface area (Å²) in [5.41, 5.74) is 0.694. The molecule has 0 fully saturated rings. The molecule has 10 heteroatoms. The zero-order chi connectivity index (χ0) is 21.0. The second-order valence-electron chi connectivity index (χ2n) is 5.61. The Morgan fingerprint density at radius 2 is 1.76 bits per heavy atom. The average Bonchev–Trinajstić information content (AvgIpc) is 2.64. The topological polar surface area (TPSA) is 56.8 Å². The molecule has 0 bridgehead atoms. The number of amides is 1. The number of halogens is 4. The van der Waals surface area contributed by atoms with Crippen LogP contribution in [0.1, 0.15) is 12.5 Å². The van der Waals surface area contributed by atoms with Crippen molar-refractivity contribution in [2.24, 2.45) is 0 Å². The van der Waals surface area contributed by atoms with Gasteiger partial charge in [-0.3, -0.25) is 4.79 Å². The van der Waals surface area contributed by atoms with Crippen LogP contribution in [0.3, 0.4) is 0 Å². The summed E-state index contributed by atoms with van der Waals surface area (Å²) in [6.07, 6.45) is 1.33. The van der Waals surface area contributed by atoms with Crippen LogP contribution in [0, 0.1) is 0 Å². The molecular weight excluding hydrogens is 414 g/mol. The van der Waals surface area contributed by atoms with Crippen LogP contribution in [-0.2, 0) is 4.79 Å². The van der Waals surface area contributed by atoms with E-state index >= 15 is 0 Å². The van der Waals surface area contributed by atoms with Gasteiger partial charge in [0.2, 0.25) is 0 Å². The van der Waals surface area contributed by atoms with E-state index in [1.165, 1.54) is 18.2 Å². The Labute approximate surface area is 167 Å². The highest BCUT2D eigenvalue weighted by Gasteiger charge is 2.23. The van der Waals surface area contributed by atoms with Crippen LogP contribution in [0.5, 0.6) is 17.2 Å². The highest BCUT2D eigenvalue weighted by Crippen LogP contribution is 2.41. The number of rotatable bonds is 7. The maximum Gasteiger partial charge on any atom is 0.387 e. The van der Waals surface area contributed by atoms with Gasteiger partial charge in [0.05, 0.1) is 17.2 Å². The molecule has 1 aliphatic heterocycles. The Bertz CT molecular complexity index is 936. The largest absolute Gasteiger partial charge is 0.494 e. The first kappa shape index (κ1) is 20.8. The minimum atomic E-state index is -3.18. The Morgan fingerprint density at radius 3 is 2.45 bits per heavy atom. The second kappa shape index (κ2) is 9.08. The molecule has 0 unspecified atom stereocenters. The molecule has 0 aliphatic carbocycles. The van der Waals surface area contributed by atoms with Crippen LogP contribution in [0.15, 0.2) is 46.2 Å². The summed E-state index contributed by atoms with van der Waals surface area (Å²) >= 11 is 1.12. The Kier molecular flexibility index (Phi) is 6.53. The molecule has 0 saturated heterocycles. The molecule has 2 aromatic rings. The zero-order valence-corrected chi connectivity index (χ0v) is 15.8. The maximum atomic E-state index is 12.7. The van der Waals surface area contributed by atoms with Gasteiger partial charge in [0.15, 0.2) is 0 Å². The van der Waals surface area contributed by atoms with Crippen LogP contribution in [0.2, 0.25) is 0 Å². The first-order valence-corrected chi connectivity index (χ1v) is 9.18. The molecule has 3 rings (SSSR count). The zero-order valence-electron chi connectivity index (χ0n) is 15.0. The summed E-state index contributed by atoms with van der Waals surface area (Å²) in [7, 11) is 0. The fourth-order valence-electron chi connectivity index (χ4n) is 2.54. The van der Waals surface area contributed by atoms with Crippen LogP contribution in [0.4, 0.5) is 23.2 Å². The first-order chi connectivity index (χ1) is 13.9. The molecule has 0 radical (unpaired) electrons. The van der Waals surface area contributed by atoms with E-state index < -0.39 is 24.9 Å². The predicted octanol–water partition coefficient (Wildman–Crippen LogP) is 5.37. The van der Waals surface area contributed by atoms with Crippen LogP contribution < -0.4 is 19.5 Å². The van der Waals surface area contributed by atoms with Crippen LogP contribution >= 0.6 is 11.8 Å². The quantitative estimate of drug-likeness (QED) is 0.474. The van der Waals surface area contributed by atoms with E-state index in [4.69, 9.17) is 4.74 Å².